The predicted molar refractivity (Wildman–Crippen MR) is 120 cm³/mol. The minimum atomic E-state index is -4.58. The summed E-state index contributed by atoms with van der Waals surface area (Å²) in [6.07, 6.45) is -3.99. The topological polar surface area (TPSA) is 72.2 Å². The maximum Gasteiger partial charge on any atom is 0.416 e. The summed E-state index contributed by atoms with van der Waals surface area (Å²) in [5.74, 6) is -0.763. The molecule has 11 heteroatoms. The number of hydrogen-bond donors (Lipinski definition) is 1. The Kier molecular flexibility index (Phi) is 6.02. The SMILES string of the molecule is CCc1nn2c(C)c(C(=O)Nc3cc(C(F)(F)F)ccc3Cl)nnc2c1-c1cccc(Cl)c1. The number of aromatic nitrogens is 4. The number of carbonyl (C=O) groups is 1. The Hall–Kier alpha value is -3.17. The van der Waals surface area contributed by atoms with Gasteiger partial charge in [0.1, 0.15) is 0 Å². The largest absolute Gasteiger partial charge is 0.416 e. The first-order valence-electron chi connectivity index (χ1n) is 9.79. The number of nitrogens with one attached hydrogen (secondary N) is 1. The minimum Gasteiger partial charge on any atom is -0.319 e. The highest BCUT2D eigenvalue weighted by Crippen LogP contribution is 2.34. The van der Waals surface area contributed by atoms with Crippen molar-refractivity contribution in [2.24, 2.45) is 0 Å². The van der Waals surface area contributed by atoms with E-state index in [0.717, 1.165) is 35.0 Å². The number of amides is 1. The van der Waals surface area contributed by atoms with Gasteiger partial charge in [-0.3, -0.25) is 4.79 Å². The molecule has 2 heterocycles. The van der Waals surface area contributed by atoms with E-state index in [-0.39, 0.29) is 16.4 Å². The molecule has 2 aromatic heterocycles. The quantitative estimate of drug-likeness (QED) is 0.365. The number of carbonyl (C=O) groups excluding carboxylic acids is 1. The zero-order chi connectivity index (χ0) is 23.9. The maximum atomic E-state index is 13.0. The Balaban J connectivity index is 1.76. The predicted octanol–water partition coefficient (Wildman–Crippen LogP) is 6.24. The van der Waals surface area contributed by atoms with Gasteiger partial charge in [-0.15, -0.1) is 10.2 Å². The smallest absolute Gasteiger partial charge is 0.319 e. The van der Waals surface area contributed by atoms with Crippen LogP contribution in [-0.4, -0.2) is 25.7 Å². The molecular formula is C22H16Cl2F3N5O. The summed E-state index contributed by atoms with van der Waals surface area (Å²) in [4.78, 5) is 12.9. The molecule has 1 N–H and O–H groups in total. The van der Waals surface area contributed by atoms with Crippen LogP contribution in [0.25, 0.3) is 16.8 Å². The van der Waals surface area contributed by atoms with Gasteiger partial charge in [0.25, 0.3) is 5.91 Å². The average molecular weight is 494 g/mol. The molecule has 0 saturated heterocycles. The van der Waals surface area contributed by atoms with Gasteiger partial charge < -0.3 is 5.32 Å². The first kappa shape index (κ1) is 23.0. The molecule has 2 aromatic carbocycles. The van der Waals surface area contributed by atoms with Crippen molar-refractivity contribution >= 4 is 40.4 Å². The van der Waals surface area contributed by atoms with Gasteiger partial charge in [-0.2, -0.15) is 18.3 Å². The normalized spacial score (nSPS) is 11.7. The lowest BCUT2D eigenvalue weighted by molar-refractivity contribution is -0.137. The lowest BCUT2D eigenvalue weighted by Crippen LogP contribution is -2.19. The van der Waals surface area contributed by atoms with Crippen LogP contribution in [0, 0.1) is 6.92 Å². The monoisotopic (exact) mass is 493 g/mol. The lowest BCUT2D eigenvalue weighted by atomic mass is 10.0. The Morgan fingerprint density at radius 2 is 1.88 bits per heavy atom. The van der Waals surface area contributed by atoms with Gasteiger partial charge in [-0.1, -0.05) is 42.3 Å². The summed E-state index contributed by atoms with van der Waals surface area (Å²) in [5, 5.41) is 15.7. The highest BCUT2D eigenvalue weighted by Gasteiger charge is 2.31. The Morgan fingerprint density at radius 3 is 2.55 bits per heavy atom. The van der Waals surface area contributed by atoms with E-state index >= 15 is 0 Å². The fraction of sp³-hybridized carbons (Fsp3) is 0.182. The zero-order valence-electron chi connectivity index (χ0n) is 17.3. The fourth-order valence-corrected chi connectivity index (χ4v) is 3.78. The summed E-state index contributed by atoms with van der Waals surface area (Å²) >= 11 is 12.1. The number of benzene rings is 2. The molecular weight excluding hydrogens is 478 g/mol. The molecule has 1 amide bonds. The highest BCUT2D eigenvalue weighted by molar-refractivity contribution is 6.34. The van der Waals surface area contributed by atoms with Crippen molar-refractivity contribution in [3.63, 3.8) is 0 Å². The van der Waals surface area contributed by atoms with Crippen LogP contribution in [0.4, 0.5) is 18.9 Å². The summed E-state index contributed by atoms with van der Waals surface area (Å²) in [7, 11) is 0. The number of halogens is 5. The van der Waals surface area contributed by atoms with Crippen molar-refractivity contribution in [3.8, 4) is 11.1 Å². The van der Waals surface area contributed by atoms with Crippen LogP contribution in [0.5, 0.6) is 0 Å². The Labute approximate surface area is 196 Å². The van der Waals surface area contributed by atoms with E-state index in [2.05, 4.69) is 20.6 Å². The van der Waals surface area contributed by atoms with E-state index in [4.69, 9.17) is 23.2 Å². The average Bonchev–Trinajstić information content (AvgIpc) is 3.14. The summed E-state index contributed by atoms with van der Waals surface area (Å²) in [6, 6.07) is 9.88. The second-order valence-electron chi connectivity index (χ2n) is 7.20. The molecule has 0 fully saturated rings. The number of hydrogen-bond acceptors (Lipinski definition) is 4. The van der Waals surface area contributed by atoms with Gasteiger partial charge in [-0.05, 0) is 49.2 Å². The van der Waals surface area contributed by atoms with Crippen molar-refractivity contribution in [2.45, 2.75) is 26.4 Å². The number of anilines is 1. The van der Waals surface area contributed by atoms with E-state index < -0.39 is 17.6 Å². The Bertz CT molecular complexity index is 1380. The van der Waals surface area contributed by atoms with Gasteiger partial charge in [0, 0.05) is 5.02 Å². The first-order chi connectivity index (χ1) is 15.6. The van der Waals surface area contributed by atoms with Crippen LogP contribution < -0.4 is 5.32 Å². The summed E-state index contributed by atoms with van der Waals surface area (Å²) in [5.41, 5.74) is 1.84. The third kappa shape index (κ3) is 4.38. The number of rotatable bonds is 4. The molecule has 33 heavy (non-hydrogen) atoms. The summed E-state index contributed by atoms with van der Waals surface area (Å²) < 4.78 is 40.6. The van der Waals surface area contributed by atoms with Crippen LogP contribution in [0.1, 0.15) is 34.4 Å². The molecule has 0 saturated carbocycles. The number of alkyl halides is 3. The molecule has 170 valence electrons. The lowest BCUT2D eigenvalue weighted by Gasteiger charge is -2.12. The van der Waals surface area contributed by atoms with Gasteiger partial charge in [0.2, 0.25) is 0 Å². The molecule has 0 spiro atoms. The van der Waals surface area contributed by atoms with Crippen LogP contribution in [-0.2, 0) is 12.6 Å². The molecule has 4 aromatic rings. The third-order valence-electron chi connectivity index (χ3n) is 5.04. The molecule has 0 aliphatic heterocycles. The molecule has 0 unspecified atom stereocenters. The van der Waals surface area contributed by atoms with Crippen molar-refractivity contribution in [3.05, 3.63) is 75.2 Å². The van der Waals surface area contributed by atoms with Crippen molar-refractivity contribution < 1.29 is 18.0 Å². The molecule has 0 aliphatic rings. The highest BCUT2D eigenvalue weighted by atomic mass is 35.5. The zero-order valence-corrected chi connectivity index (χ0v) is 18.8. The first-order valence-corrected chi connectivity index (χ1v) is 10.5. The van der Waals surface area contributed by atoms with Crippen molar-refractivity contribution in [1.82, 2.24) is 19.8 Å². The van der Waals surface area contributed by atoms with E-state index in [1.165, 1.54) is 4.52 Å². The van der Waals surface area contributed by atoms with Crippen LogP contribution in [0.15, 0.2) is 42.5 Å². The van der Waals surface area contributed by atoms with Gasteiger partial charge in [0.15, 0.2) is 11.3 Å². The van der Waals surface area contributed by atoms with E-state index in [1.54, 1.807) is 19.1 Å². The maximum absolute atomic E-state index is 13.0. The number of fused-ring (bicyclic) bond motifs is 1. The third-order valence-corrected chi connectivity index (χ3v) is 5.61. The van der Waals surface area contributed by atoms with Crippen LogP contribution >= 0.6 is 23.2 Å². The summed E-state index contributed by atoms with van der Waals surface area (Å²) in [6.45, 7) is 3.56. The van der Waals surface area contributed by atoms with E-state index in [9.17, 15) is 18.0 Å². The minimum absolute atomic E-state index is 0.0429. The molecule has 4 rings (SSSR count). The van der Waals surface area contributed by atoms with Crippen LogP contribution in [0.2, 0.25) is 10.0 Å². The van der Waals surface area contributed by atoms with Crippen molar-refractivity contribution in [1.29, 1.82) is 0 Å². The second kappa shape index (κ2) is 8.64. The van der Waals surface area contributed by atoms with Gasteiger partial charge >= 0.3 is 6.18 Å². The second-order valence-corrected chi connectivity index (χ2v) is 8.05. The molecule has 0 radical (unpaired) electrons. The molecule has 0 aliphatic carbocycles. The van der Waals surface area contributed by atoms with Gasteiger partial charge in [0.05, 0.1) is 33.2 Å². The van der Waals surface area contributed by atoms with Crippen LogP contribution in [0.3, 0.4) is 0 Å². The van der Waals surface area contributed by atoms with E-state index in [1.807, 2.05) is 19.1 Å². The van der Waals surface area contributed by atoms with Crippen molar-refractivity contribution in [2.75, 3.05) is 5.32 Å². The Morgan fingerprint density at radius 1 is 1.12 bits per heavy atom. The molecule has 0 bridgehead atoms. The van der Waals surface area contributed by atoms with Gasteiger partial charge in [-0.25, -0.2) is 4.52 Å². The standard InChI is InChI=1S/C22H16Cl2F3N5O/c1-3-16-18(12-5-4-6-14(23)9-12)20-30-29-19(11(2)32(20)31-16)21(33)28-17-10-13(22(25,26)27)7-8-15(17)24/h4-10H,3H2,1-2H3,(H,28,33). The number of aryl methyl sites for hydroxylation is 2. The molecule has 0 atom stereocenters. The molecule has 6 nitrogen and oxygen atoms in total. The van der Waals surface area contributed by atoms with E-state index in [0.29, 0.717) is 22.8 Å². The number of nitrogens with zero attached hydrogens (tertiary/aromatic N) is 4. The fourth-order valence-electron chi connectivity index (χ4n) is 3.43.